The number of anilines is 1. The lowest BCUT2D eigenvalue weighted by molar-refractivity contribution is 0.199. The van der Waals surface area contributed by atoms with E-state index in [1.54, 1.807) is 0 Å². The Morgan fingerprint density at radius 1 is 1.33 bits per heavy atom. The van der Waals surface area contributed by atoms with E-state index in [2.05, 4.69) is 73.7 Å². The van der Waals surface area contributed by atoms with Crippen molar-refractivity contribution >= 4 is 37.5 Å². The second-order valence-electron chi connectivity index (χ2n) is 4.83. The van der Waals surface area contributed by atoms with E-state index in [9.17, 15) is 0 Å². The second kappa shape index (κ2) is 6.40. The summed E-state index contributed by atoms with van der Waals surface area (Å²) in [5, 5.41) is 0.907. The van der Waals surface area contributed by atoms with Gasteiger partial charge in [0.2, 0.25) is 0 Å². The summed E-state index contributed by atoms with van der Waals surface area (Å²) in [5.41, 5.74) is 2.74. The van der Waals surface area contributed by atoms with E-state index in [1.807, 2.05) is 0 Å². The molecule has 0 radical (unpaired) electrons. The van der Waals surface area contributed by atoms with Crippen LogP contribution >= 0.6 is 31.9 Å². The zero-order valence-corrected chi connectivity index (χ0v) is 14.2. The second-order valence-corrected chi connectivity index (χ2v) is 6.31. The van der Waals surface area contributed by atoms with Crippen molar-refractivity contribution in [1.29, 1.82) is 0 Å². The lowest BCUT2D eigenvalue weighted by Crippen LogP contribution is -2.51. The van der Waals surface area contributed by atoms with Gasteiger partial charge in [-0.1, -0.05) is 38.8 Å². The molecule has 4 heteroatoms. The molecule has 18 heavy (non-hydrogen) atoms. The van der Waals surface area contributed by atoms with Crippen molar-refractivity contribution in [3.8, 4) is 0 Å². The molecule has 0 aliphatic carbocycles. The molecule has 1 atom stereocenters. The van der Waals surface area contributed by atoms with Gasteiger partial charge < -0.3 is 4.90 Å². The molecular weight excluding hydrogens is 356 g/mol. The SMILES string of the molecule is CCN1CCN(c2ccc(Br)cc2CBr)CC1C. The van der Waals surface area contributed by atoms with Crippen molar-refractivity contribution in [2.45, 2.75) is 25.2 Å². The van der Waals surface area contributed by atoms with Crippen molar-refractivity contribution in [1.82, 2.24) is 4.90 Å². The molecule has 2 rings (SSSR count). The minimum atomic E-state index is 0.635. The van der Waals surface area contributed by atoms with Gasteiger partial charge in [-0.3, -0.25) is 4.90 Å². The monoisotopic (exact) mass is 374 g/mol. The fourth-order valence-corrected chi connectivity index (χ4v) is 3.51. The normalized spacial score (nSPS) is 21.3. The first-order valence-electron chi connectivity index (χ1n) is 6.49. The fraction of sp³-hybridized carbons (Fsp3) is 0.571. The molecule has 1 aromatic carbocycles. The van der Waals surface area contributed by atoms with Crippen LogP contribution in [-0.4, -0.2) is 37.1 Å². The van der Waals surface area contributed by atoms with Gasteiger partial charge in [-0.15, -0.1) is 0 Å². The van der Waals surface area contributed by atoms with E-state index in [0.29, 0.717) is 6.04 Å². The third-order valence-corrected chi connectivity index (χ3v) is 4.79. The van der Waals surface area contributed by atoms with Crippen molar-refractivity contribution in [3.05, 3.63) is 28.2 Å². The van der Waals surface area contributed by atoms with E-state index in [1.165, 1.54) is 11.3 Å². The summed E-state index contributed by atoms with van der Waals surface area (Å²) in [4.78, 5) is 5.06. The Morgan fingerprint density at radius 3 is 2.72 bits per heavy atom. The first-order chi connectivity index (χ1) is 8.65. The number of halogens is 2. The third-order valence-electron chi connectivity index (χ3n) is 3.70. The molecule has 2 nitrogen and oxygen atoms in total. The van der Waals surface area contributed by atoms with Gasteiger partial charge in [0.15, 0.2) is 0 Å². The number of likely N-dealkylation sites (N-methyl/N-ethyl adjacent to an activating group) is 1. The Hall–Kier alpha value is -0.0600. The maximum Gasteiger partial charge on any atom is 0.0409 e. The van der Waals surface area contributed by atoms with Crippen LogP contribution in [0.2, 0.25) is 0 Å². The summed E-state index contributed by atoms with van der Waals surface area (Å²) < 4.78 is 1.15. The van der Waals surface area contributed by atoms with Crippen LogP contribution in [0.5, 0.6) is 0 Å². The highest BCUT2D eigenvalue weighted by molar-refractivity contribution is 9.10. The number of nitrogens with zero attached hydrogens (tertiary/aromatic N) is 2. The molecule has 1 unspecified atom stereocenters. The minimum Gasteiger partial charge on any atom is -0.368 e. The van der Waals surface area contributed by atoms with Crippen LogP contribution in [0, 0.1) is 0 Å². The van der Waals surface area contributed by atoms with Crippen molar-refractivity contribution in [3.63, 3.8) is 0 Å². The van der Waals surface area contributed by atoms with Gasteiger partial charge in [-0.05, 0) is 37.2 Å². The Bertz CT molecular complexity index is 409. The van der Waals surface area contributed by atoms with Crippen LogP contribution in [0.1, 0.15) is 19.4 Å². The Balaban J connectivity index is 2.17. The molecule has 1 saturated heterocycles. The molecule has 1 heterocycles. The molecule has 0 aromatic heterocycles. The summed E-state index contributed by atoms with van der Waals surface area (Å²) in [7, 11) is 0. The van der Waals surface area contributed by atoms with Crippen molar-refractivity contribution in [2.24, 2.45) is 0 Å². The number of piperazine rings is 1. The van der Waals surface area contributed by atoms with Gasteiger partial charge in [-0.2, -0.15) is 0 Å². The quantitative estimate of drug-likeness (QED) is 0.739. The number of rotatable bonds is 3. The predicted octanol–water partition coefficient (Wildman–Crippen LogP) is 3.87. The van der Waals surface area contributed by atoms with E-state index >= 15 is 0 Å². The average Bonchev–Trinajstić information content (AvgIpc) is 2.38. The van der Waals surface area contributed by atoms with Crippen LogP contribution in [0.25, 0.3) is 0 Å². The number of benzene rings is 1. The standard InChI is InChI=1S/C14H20Br2N2/c1-3-17-6-7-18(10-11(17)2)14-5-4-13(16)8-12(14)9-15/h4-5,8,11H,3,6-7,9-10H2,1-2H3. The molecule has 0 amide bonds. The molecular formula is C14H20Br2N2. The lowest BCUT2D eigenvalue weighted by atomic mass is 10.1. The third kappa shape index (κ3) is 3.09. The zero-order chi connectivity index (χ0) is 13.1. The highest BCUT2D eigenvalue weighted by Gasteiger charge is 2.23. The smallest absolute Gasteiger partial charge is 0.0409 e. The fourth-order valence-electron chi connectivity index (χ4n) is 2.65. The van der Waals surface area contributed by atoms with Crippen LogP contribution in [-0.2, 0) is 5.33 Å². The van der Waals surface area contributed by atoms with E-state index in [0.717, 1.165) is 36.0 Å². The topological polar surface area (TPSA) is 6.48 Å². The maximum atomic E-state index is 3.59. The first kappa shape index (κ1) is 14.4. The molecule has 0 bridgehead atoms. The van der Waals surface area contributed by atoms with Gasteiger partial charge in [0.1, 0.15) is 0 Å². The average molecular weight is 376 g/mol. The number of hydrogen-bond donors (Lipinski definition) is 0. The summed E-state index contributed by atoms with van der Waals surface area (Å²) in [6.07, 6.45) is 0. The summed E-state index contributed by atoms with van der Waals surface area (Å²) in [5.74, 6) is 0. The Kier molecular flexibility index (Phi) is 5.10. The van der Waals surface area contributed by atoms with E-state index in [4.69, 9.17) is 0 Å². The Morgan fingerprint density at radius 2 is 2.11 bits per heavy atom. The van der Waals surface area contributed by atoms with Gasteiger partial charge in [0.25, 0.3) is 0 Å². The molecule has 100 valence electrons. The van der Waals surface area contributed by atoms with Crippen LogP contribution in [0.3, 0.4) is 0 Å². The molecule has 0 spiro atoms. The van der Waals surface area contributed by atoms with Gasteiger partial charge in [0.05, 0.1) is 0 Å². The van der Waals surface area contributed by atoms with Crippen molar-refractivity contribution in [2.75, 3.05) is 31.1 Å². The first-order valence-corrected chi connectivity index (χ1v) is 8.40. The largest absolute Gasteiger partial charge is 0.368 e. The van der Waals surface area contributed by atoms with Crippen molar-refractivity contribution < 1.29 is 0 Å². The van der Waals surface area contributed by atoms with Gasteiger partial charge in [0, 0.05) is 41.2 Å². The number of hydrogen-bond acceptors (Lipinski definition) is 2. The predicted molar refractivity (Wildman–Crippen MR) is 85.7 cm³/mol. The van der Waals surface area contributed by atoms with Gasteiger partial charge >= 0.3 is 0 Å². The molecule has 0 N–H and O–H groups in total. The highest BCUT2D eigenvalue weighted by Crippen LogP contribution is 2.28. The molecule has 1 aromatic rings. The summed E-state index contributed by atoms with van der Waals surface area (Å²) >= 11 is 7.14. The molecule has 1 aliphatic rings. The van der Waals surface area contributed by atoms with E-state index in [-0.39, 0.29) is 0 Å². The van der Waals surface area contributed by atoms with Crippen LogP contribution in [0.4, 0.5) is 5.69 Å². The lowest BCUT2D eigenvalue weighted by Gasteiger charge is -2.41. The summed E-state index contributed by atoms with van der Waals surface area (Å²) in [6, 6.07) is 7.21. The summed E-state index contributed by atoms with van der Waals surface area (Å²) in [6.45, 7) is 9.13. The van der Waals surface area contributed by atoms with Gasteiger partial charge in [-0.25, -0.2) is 0 Å². The number of alkyl halides is 1. The Labute approximate surface area is 127 Å². The minimum absolute atomic E-state index is 0.635. The van der Waals surface area contributed by atoms with E-state index < -0.39 is 0 Å². The van der Waals surface area contributed by atoms with Crippen LogP contribution in [0.15, 0.2) is 22.7 Å². The zero-order valence-electron chi connectivity index (χ0n) is 11.0. The maximum absolute atomic E-state index is 3.59. The molecule has 1 fully saturated rings. The highest BCUT2D eigenvalue weighted by atomic mass is 79.9. The van der Waals surface area contributed by atoms with Crippen LogP contribution < -0.4 is 4.90 Å². The molecule has 1 aliphatic heterocycles. The molecule has 0 saturated carbocycles.